The van der Waals surface area contributed by atoms with Gasteiger partial charge in [-0.05, 0) is 53.3 Å². The van der Waals surface area contributed by atoms with Gasteiger partial charge in [0.05, 0.1) is 27.8 Å². The summed E-state index contributed by atoms with van der Waals surface area (Å²) < 4.78 is 22.2. The van der Waals surface area contributed by atoms with Gasteiger partial charge in [0.15, 0.2) is 4.77 Å². The molecule has 0 radical (unpaired) electrons. The largest absolute Gasteiger partial charge is 0.492 e. The molecule has 3 rings (SSSR count). The molecule has 1 heterocycles. The SMILES string of the molecule is CCOc1ccccc1-n1c(=S)[nH]c2cc(Br)c(F)cc21. The number of H-pyrrole nitrogens is 1. The van der Waals surface area contributed by atoms with Crippen LogP contribution in [0.1, 0.15) is 6.92 Å². The molecule has 0 aliphatic heterocycles. The van der Waals surface area contributed by atoms with E-state index in [9.17, 15) is 4.39 Å². The maximum atomic E-state index is 13.9. The number of aromatic nitrogens is 2. The summed E-state index contributed by atoms with van der Waals surface area (Å²) in [5, 5.41) is 0. The van der Waals surface area contributed by atoms with Crippen LogP contribution in [0, 0.1) is 10.6 Å². The molecule has 0 saturated carbocycles. The van der Waals surface area contributed by atoms with E-state index in [1.807, 2.05) is 31.2 Å². The maximum absolute atomic E-state index is 13.9. The average molecular weight is 367 g/mol. The van der Waals surface area contributed by atoms with Gasteiger partial charge in [0.1, 0.15) is 11.6 Å². The zero-order valence-electron chi connectivity index (χ0n) is 11.2. The van der Waals surface area contributed by atoms with E-state index < -0.39 is 0 Å². The minimum Gasteiger partial charge on any atom is -0.492 e. The standard InChI is InChI=1S/C15H12BrFN2OS/c1-2-20-14-6-4-3-5-12(14)19-13-8-10(17)9(16)7-11(13)18-15(19)21/h3-8H,2H2,1H3,(H,18,21). The number of para-hydroxylation sites is 2. The van der Waals surface area contributed by atoms with E-state index in [0.717, 1.165) is 11.2 Å². The molecule has 1 N–H and O–H groups in total. The Kier molecular flexibility index (Phi) is 3.82. The molecule has 0 aliphatic rings. The predicted octanol–water partition coefficient (Wildman–Crippen LogP) is 4.99. The molecule has 2 aromatic carbocycles. The van der Waals surface area contributed by atoms with Crippen LogP contribution in [0.25, 0.3) is 16.7 Å². The van der Waals surface area contributed by atoms with Crippen molar-refractivity contribution >= 4 is 39.2 Å². The van der Waals surface area contributed by atoms with Crippen molar-refractivity contribution in [3.63, 3.8) is 0 Å². The fraction of sp³-hybridized carbons (Fsp3) is 0.133. The van der Waals surface area contributed by atoms with Crippen molar-refractivity contribution in [1.82, 2.24) is 9.55 Å². The first-order valence-corrected chi connectivity index (χ1v) is 7.64. The molecule has 0 amide bonds. The Bertz CT molecular complexity index is 872. The first-order valence-electron chi connectivity index (χ1n) is 6.43. The highest BCUT2D eigenvalue weighted by atomic mass is 79.9. The fourth-order valence-electron chi connectivity index (χ4n) is 2.26. The summed E-state index contributed by atoms with van der Waals surface area (Å²) in [4.78, 5) is 3.09. The van der Waals surface area contributed by atoms with Gasteiger partial charge in [0, 0.05) is 6.07 Å². The quantitative estimate of drug-likeness (QED) is 0.661. The van der Waals surface area contributed by atoms with E-state index in [1.54, 1.807) is 10.6 Å². The second-order valence-corrected chi connectivity index (χ2v) is 5.69. The summed E-state index contributed by atoms with van der Waals surface area (Å²) >= 11 is 8.56. The minimum atomic E-state index is -0.334. The molecule has 21 heavy (non-hydrogen) atoms. The van der Waals surface area contributed by atoms with Gasteiger partial charge in [-0.25, -0.2) is 4.39 Å². The van der Waals surface area contributed by atoms with E-state index in [2.05, 4.69) is 20.9 Å². The van der Waals surface area contributed by atoms with Crippen LogP contribution in [0.3, 0.4) is 0 Å². The van der Waals surface area contributed by atoms with Crippen LogP contribution >= 0.6 is 28.1 Å². The van der Waals surface area contributed by atoms with E-state index in [0.29, 0.717) is 27.1 Å². The summed E-state index contributed by atoms with van der Waals surface area (Å²) in [6.45, 7) is 2.47. The highest BCUT2D eigenvalue weighted by Crippen LogP contribution is 2.29. The summed E-state index contributed by atoms with van der Waals surface area (Å²) in [7, 11) is 0. The van der Waals surface area contributed by atoms with Gasteiger partial charge in [-0.2, -0.15) is 0 Å². The van der Waals surface area contributed by atoms with Crippen LogP contribution in [0.4, 0.5) is 4.39 Å². The number of nitrogens with one attached hydrogen (secondary N) is 1. The molecule has 0 aliphatic carbocycles. The molecule has 3 nitrogen and oxygen atoms in total. The summed E-state index contributed by atoms with van der Waals surface area (Å²) in [5.74, 6) is 0.375. The third-order valence-corrected chi connectivity index (χ3v) is 4.02. The molecule has 0 saturated heterocycles. The van der Waals surface area contributed by atoms with Crippen LogP contribution in [0.2, 0.25) is 0 Å². The Morgan fingerprint density at radius 1 is 1.33 bits per heavy atom. The fourth-order valence-corrected chi connectivity index (χ4v) is 2.91. The van der Waals surface area contributed by atoms with Crippen LogP contribution in [-0.4, -0.2) is 16.2 Å². The summed E-state index contributed by atoms with van der Waals surface area (Å²) in [6.07, 6.45) is 0. The molecule has 0 atom stereocenters. The third-order valence-electron chi connectivity index (χ3n) is 3.13. The van der Waals surface area contributed by atoms with Gasteiger partial charge in [-0.3, -0.25) is 4.57 Å². The van der Waals surface area contributed by atoms with E-state index >= 15 is 0 Å². The summed E-state index contributed by atoms with van der Waals surface area (Å²) in [5.41, 5.74) is 2.23. The average Bonchev–Trinajstić information content (AvgIpc) is 2.76. The van der Waals surface area contributed by atoms with Crippen molar-refractivity contribution in [1.29, 1.82) is 0 Å². The Hall–Kier alpha value is -1.66. The molecule has 1 aromatic heterocycles. The van der Waals surface area contributed by atoms with Crippen molar-refractivity contribution in [2.24, 2.45) is 0 Å². The van der Waals surface area contributed by atoms with E-state index in [1.165, 1.54) is 6.07 Å². The van der Waals surface area contributed by atoms with Crippen LogP contribution < -0.4 is 4.74 Å². The lowest BCUT2D eigenvalue weighted by molar-refractivity contribution is 0.339. The number of hydrogen-bond donors (Lipinski definition) is 1. The van der Waals surface area contributed by atoms with Gasteiger partial charge < -0.3 is 9.72 Å². The number of ether oxygens (including phenoxy) is 1. The molecule has 0 spiro atoms. The van der Waals surface area contributed by atoms with E-state index in [-0.39, 0.29) is 5.82 Å². The minimum absolute atomic E-state index is 0.334. The number of imidazole rings is 1. The predicted molar refractivity (Wildman–Crippen MR) is 87.3 cm³/mol. The second kappa shape index (κ2) is 5.61. The molecule has 0 bridgehead atoms. The van der Waals surface area contributed by atoms with Crippen LogP contribution in [0.5, 0.6) is 5.75 Å². The monoisotopic (exact) mass is 366 g/mol. The number of fused-ring (bicyclic) bond motifs is 1. The van der Waals surface area contributed by atoms with E-state index in [4.69, 9.17) is 17.0 Å². The molecule has 0 unspecified atom stereocenters. The normalized spacial score (nSPS) is 11.0. The number of nitrogens with zero attached hydrogens (tertiary/aromatic N) is 1. The highest BCUT2D eigenvalue weighted by molar-refractivity contribution is 9.10. The second-order valence-electron chi connectivity index (χ2n) is 4.45. The topological polar surface area (TPSA) is 29.9 Å². The van der Waals surface area contributed by atoms with Crippen molar-refractivity contribution in [3.8, 4) is 11.4 Å². The van der Waals surface area contributed by atoms with Crippen molar-refractivity contribution < 1.29 is 9.13 Å². The summed E-state index contributed by atoms with van der Waals surface area (Å²) in [6, 6.07) is 10.7. The molecule has 108 valence electrons. The van der Waals surface area contributed by atoms with Gasteiger partial charge in [-0.1, -0.05) is 12.1 Å². The van der Waals surface area contributed by atoms with Crippen molar-refractivity contribution in [3.05, 3.63) is 51.5 Å². The number of rotatable bonds is 3. The lowest BCUT2D eigenvalue weighted by Crippen LogP contribution is -2.00. The zero-order valence-corrected chi connectivity index (χ0v) is 13.6. The Morgan fingerprint density at radius 2 is 2.10 bits per heavy atom. The van der Waals surface area contributed by atoms with Gasteiger partial charge in [0.2, 0.25) is 0 Å². The molecule has 6 heteroatoms. The number of hydrogen-bond acceptors (Lipinski definition) is 2. The van der Waals surface area contributed by atoms with Crippen LogP contribution in [-0.2, 0) is 0 Å². The highest BCUT2D eigenvalue weighted by Gasteiger charge is 2.13. The number of aromatic amines is 1. The first kappa shape index (κ1) is 14.3. The lowest BCUT2D eigenvalue weighted by atomic mass is 10.2. The number of benzene rings is 2. The molecule has 0 fully saturated rings. The van der Waals surface area contributed by atoms with Crippen molar-refractivity contribution in [2.75, 3.05) is 6.61 Å². The Labute approximate surface area is 134 Å². The van der Waals surface area contributed by atoms with Gasteiger partial charge in [0.25, 0.3) is 0 Å². The Balaban J connectivity index is 2.33. The van der Waals surface area contributed by atoms with Crippen LogP contribution in [0.15, 0.2) is 40.9 Å². The third kappa shape index (κ3) is 2.49. The molecule has 3 aromatic rings. The first-order chi connectivity index (χ1) is 10.1. The van der Waals surface area contributed by atoms with Gasteiger partial charge >= 0.3 is 0 Å². The molecular weight excluding hydrogens is 355 g/mol. The number of halogens is 2. The smallest absolute Gasteiger partial charge is 0.182 e. The molecular formula is C15H12BrFN2OS. The maximum Gasteiger partial charge on any atom is 0.182 e. The van der Waals surface area contributed by atoms with Gasteiger partial charge in [-0.15, -0.1) is 0 Å². The Morgan fingerprint density at radius 3 is 2.86 bits per heavy atom. The lowest BCUT2D eigenvalue weighted by Gasteiger charge is -2.11. The zero-order chi connectivity index (χ0) is 15.0. The van der Waals surface area contributed by atoms with Crippen molar-refractivity contribution in [2.45, 2.75) is 6.92 Å².